The van der Waals surface area contributed by atoms with Crippen molar-refractivity contribution in [3.8, 4) is 5.69 Å². The molecule has 0 bridgehead atoms. The maximum atomic E-state index is 13.5. The third-order valence-corrected chi connectivity index (χ3v) is 6.53. The van der Waals surface area contributed by atoms with E-state index in [1.807, 2.05) is 73.7 Å². The summed E-state index contributed by atoms with van der Waals surface area (Å²) in [4.78, 5) is 13.5. The predicted octanol–water partition coefficient (Wildman–Crippen LogP) is 4.77. The van der Waals surface area contributed by atoms with Crippen LogP contribution in [0.4, 0.5) is 0 Å². The normalized spacial score (nSPS) is 16.6. The molecule has 4 aromatic rings. The number of hydrazone groups is 1. The molecular formula is C23H19ClN6O2S. The molecule has 1 amide bonds. The molecule has 2 unspecified atom stereocenters. The number of nitrogens with zero attached hydrogens (tertiary/aromatic N) is 6. The first kappa shape index (κ1) is 21.4. The number of para-hydroxylation sites is 1. The number of aromatic nitrogens is 4. The van der Waals surface area contributed by atoms with Gasteiger partial charge in [-0.05, 0) is 59.3 Å². The highest BCUT2D eigenvalue weighted by Gasteiger charge is 2.37. The molecule has 0 aliphatic carbocycles. The van der Waals surface area contributed by atoms with Gasteiger partial charge in [-0.2, -0.15) is 9.78 Å². The molecule has 10 heteroatoms. The van der Waals surface area contributed by atoms with E-state index in [0.717, 1.165) is 17.0 Å². The zero-order valence-corrected chi connectivity index (χ0v) is 19.1. The van der Waals surface area contributed by atoms with Crippen LogP contribution in [0.2, 0.25) is 5.02 Å². The summed E-state index contributed by atoms with van der Waals surface area (Å²) in [5.41, 5.74) is 2.54. The maximum absolute atomic E-state index is 13.5. The Hall–Kier alpha value is -3.43. The van der Waals surface area contributed by atoms with Gasteiger partial charge in [0.25, 0.3) is 5.91 Å². The van der Waals surface area contributed by atoms with Crippen LogP contribution in [-0.4, -0.2) is 42.1 Å². The number of halogens is 1. The van der Waals surface area contributed by atoms with E-state index in [2.05, 4.69) is 20.6 Å². The molecule has 1 aliphatic rings. The van der Waals surface area contributed by atoms with Gasteiger partial charge in [-0.15, -0.1) is 5.10 Å². The lowest BCUT2D eigenvalue weighted by molar-refractivity contribution is -0.132. The fraction of sp³-hybridized carbons (Fsp3) is 0.174. The van der Waals surface area contributed by atoms with E-state index in [9.17, 15) is 4.79 Å². The summed E-state index contributed by atoms with van der Waals surface area (Å²) in [6.45, 7) is 1.83. The Balaban J connectivity index is 1.40. The first-order valence-corrected chi connectivity index (χ1v) is 11.6. The summed E-state index contributed by atoms with van der Waals surface area (Å²) in [6.07, 6.45) is 2.14. The Morgan fingerprint density at radius 2 is 1.91 bits per heavy atom. The number of furan rings is 1. The number of carbonyl (C=O) groups excluding carboxylic acids is 1. The minimum atomic E-state index is -0.482. The molecule has 33 heavy (non-hydrogen) atoms. The van der Waals surface area contributed by atoms with Gasteiger partial charge in [-0.1, -0.05) is 53.7 Å². The van der Waals surface area contributed by atoms with Crippen molar-refractivity contribution in [1.82, 2.24) is 25.2 Å². The molecule has 166 valence electrons. The first-order chi connectivity index (χ1) is 16.1. The molecule has 1 aliphatic heterocycles. The second-order valence-electron chi connectivity index (χ2n) is 7.44. The zero-order valence-electron chi connectivity index (χ0n) is 17.6. The van der Waals surface area contributed by atoms with Crippen molar-refractivity contribution in [1.29, 1.82) is 0 Å². The van der Waals surface area contributed by atoms with Gasteiger partial charge in [-0.3, -0.25) is 4.79 Å². The van der Waals surface area contributed by atoms with Crippen LogP contribution in [0.25, 0.3) is 5.69 Å². The number of benzene rings is 2. The van der Waals surface area contributed by atoms with Crippen LogP contribution in [0, 0.1) is 0 Å². The van der Waals surface area contributed by atoms with Crippen LogP contribution < -0.4 is 0 Å². The van der Waals surface area contributed by atoms with Crippen molar-refractivity contribution < 1.29 is 9.21 Å². The number of amides is 1. The number of thioether (sulfide) groups is 1. The molecule has 0 saturated heterocycles. The van der Waals surface area contributed by atoms with Crippen LogP contribution in [0.3, 0.4) is 0 Å². The highest BCUT2D eigenvalue weighted by Crippen LogP contribution is 2.35. The van der Waals surface area contributed by atoms with Crippen LogP contribution in [0.1, 0.15) is 30.7 Å². The van der Waals surface area contributed by atoms with Crippen LogP contribution in [0.5, 0.6) is 0 Å². The second kappa shape index (κ2) is 9.21. The summed E-state index contributed by atoms with van der Waals surface area (Å²) >= 11 is 7.32. The van der Waals surface area contributed by atoms with Crippen molar-refractivity contribution >= 4 is 35.0 Å². The molecular weight excluding hydrogens is 460 g/mol. The summed E-state index contributed by atoms with van der Waals surface area (Å²) in [5.74, 6) is 0.523. The highest BCUT2D eigenvalue weighted by molar-refractivity contribution is 8.00. The maximum Gasteiger partial charge on any atom is 0.256 e. The van der Waals surface area contributed by atoms with Gasteiger partial charge in [-0.25, -0.2) is 5.01 Å². The molecule has 0 fully saturated rings. The Labute approximate surface area is 199 Å². The van der Waals surface area contributed by atoms with Gasteiger partial charge in [0.05, 0.1) is 22.9 Å². The largest absolute Gasteiger partial charge is 0.467 e. The quantitative estimate of drug-likeness (QED) is 0.371. The fourth-order valence-electron chi connectivity index (χ4n) is 3.61. The lowest BCUT2D eigenvalue weighted by Gasteiger charge is -2.22. The van der Waals surface area contributed by atoms with E-state index in [-0.39, 0.29) is 11.9 Å². The van der Waals surface area contributed by atoms with Gasteiger partial charge in [0.2, 0.25) is 5.16 Å². The van der Waals surface area contributed by atoms with E-state index in [4.69, 9.17) is 16.0 Å². The van der Waals surface area contributed by atoms with Crippen molar-refractivity contribution in [2.45, 2.75) is 29.8 Å². The Bertz CT molecular complexity index is 1270. The van der Waals surface area contributed by atoms with Gasteiger partial charge in [0.1, 0.15) is 11.8 Å². The molecule has 2 aromatic carbocycles. The minimum Gasteiger partial charge on any atom is -0.467 e. The first-order valence-electron chi connectivity index (χ1n) is 10.3. The smallest absolute Gasteiger partial charge is 0.256 e. The average Bonchev–Trinajstić information content (AvgIpc) is 3.60. The van der Waals surface area contributed by atoms with E-state index in [1.54, 1.807) is 10.9 Å². The van der Waals surface area contributed by atoms with Gasteiger partial charge < -0.3 is 4.42 Å². The van der Waals surface area contributed by atoms with Crippen molar-refractivity contribution in [2.75, 3.05) is 0 Å². The highest BCUT2D eigenvalue weighted by atomic mass is 35.5. The SMILES string of the molecule is CC(Sc1nnnn1-c1ccccc1)C(=O)N1N=C(c2ccc(Cl)cc2)CC1c1ccco1. The van der Waals surface area contributed by atoms with Gasteiger partial charge in [0, 0.05) is 11.4 Å². The predicted molar refractivity (Wildman–Crippen MR) is 125 cm³/mol. The van der Waals surface area contributed by atoms with Crippen LogP contribution in [0.15, 0.2) is 87.7 Å². The second-order valence-corrected chi connectivity index (χ2v) is 9.19. The minimum absolute atomic E-state index is 0.159. The molecule has 3 heterocycles. The van der Waals surface area contributed by atoms with Crippen molar-refractivity contribution in [3.05, 3.63) is 89.3 Å². The Morgan fingerprint density at radius 1 is 1.12 bits per heavy atom. The van der Waals surface area contributed by atoms with Crippen molar-refractivity contribution in [3.63, 3.8) is 0 Å². The third-order valence-electron chi connectivity index (χ3n) is 5.26. The molecule has 2 aromatic heterocycles. The molecule has 5 rings (SSSR count). The van der Waals surface area contributed by atoms with Crippen LogP contribution >= 0.6 is 23.4 Å². The fourth-order valence-corrected chi connectivity index (χ4v) is 4.59. The lowest BCUT2D eigenvalue weighted by Crippen LogP contribution is -2.33. The Kier molecular flexibility index (Phi) is 5.97. The topological polar surface area (TPSA) is 89.4 Å². The number of tetrazole rings is 1. The molecule has 2 atom stereocenters. The Morgan fingerprint density at radius 3 is 2.64 bits per heavy atom. The van der Waals surface area contributed by atoms with E-state index in [0.29, 0.717) is 22.4 Å². The molecule has 8 nitrogen and oxygen atoms in total. The van der Waals surface area contributed by atoms with Gasteiger partial charge in [0.15, 0.2) is 0 Å². The molecule has 0 N–H and O–H groups in total. The lowest BCUT2D eigenvalue weighted by atomic mass is 10.0. The van der Waals surface area contributed by atoms with Crippen molar-refractivity contribution in [2.24, 2.45) is 5.10 Å². The van der Waals surface area contributed by atoms with E-state index < -0.39 is 5.25 Å². The number of hydrogen-bond acceptors (Lipinski definition) is 7. The summed E-state index contributed by atoms with van der Waals surface area (Å²) in [7, 11) is 0. The summed E-state index contributed by atoms with van der Waals surface area (Å²) in [5, 5.41) is 18.8. The molecule has 0 spiro atoms. The standard InChI is InChI=1S/C23H19ClN6O2S/c1-15(33-23-25-27-28-29(23)18-6-3-2-4-7-18)22(31)30-20(21-8-5-13-32-21)14-19(26-30)16-9-11-17(24)12-10-16/h2-13,15,20H,14H2,1H3. The molecule has 0 saturated carbocycles. The third kappa shape index (κ3) is 4.42. The van der Waals surface area contributed by atoms with E-state index in [1.165, 1.54) is 16.8 Å². The number of rotatable bonds is 6. The summed E-state index contributed by atoms with van der Waals surface area (Å²) < 4.78 is 7.25. The average molecular weight is 479 g/mol. The van der Waals surface area contributed by atoms with E-state index >= 15 is 0 Å². The monoisotopic (exact) mass is 478 g/mol. The van der Waals surface area contributed by atoms with Gasteiger partial charge >= 0.3 is 0 Å². The summed E-state index contributed by atoms with van der Waals surface area (Å²) in [6, 6.07) is 20.3. The number of hydrogen-bond donors (Lipinski definition) is 0. The zero-order chi connectivity index (χ0) is 22.8. The molecule has 0 radical (unpaired) electrons. The number of carbonyl (C=O) groups is 1. The van der Waals surface area contributed by atoms with Crippen LogP contribution in [-0.2, 0) is 4.79 Å².